The minimum absolute atomic E-state index is 0.134. The fourth-order valence-electron chi connectivity index (χ4n) is 12.2. The first-order valence-corrected chi connectivity index (χ1v) is 37.2. The number of rotatable bonds is 66. The molecular weight excluding hydrogens is 1040 g/mol. The standard InChI is InChI=1S/C75H143NO8/c1-3-5-7-9-11-13-15-17-19-21-23-25-27-29-31-33-34-35-36-37-39-41-43-45-47-49-51-53-55-57-59-61-63-65-71(79)76-68(67-83-75-74(82)73(81)72(80)70(66-77)84-75)69(78)64-62-60-58-56-54-52-50-48-46-44-42-40-38-32-30-28-26-24-22-20-18-16-14-12-10-8-6-4-2/h15,17,21,23,27,29,68-70,72-75,77-78,80-82H,3-14,16,18-20,22,24-26,28,30-67H2,1-2H3,(H,76,79)/b17-15-,23-21-,29-27-. The molecule has 0 aliphatic carbocycles. The van der Waals surface area contributed by atoms with Gasteiger partial charge < -0.3 is 40.3 Å². The number of nitrogens with one attached hydrogen (secondary N) is 1. The van der Waals surface area contributed by atoms with Gasteiger partial charge in [-0.1, -0.05) is 359 Å². The molecule has 0 aromatic rings. The van der Waals surface area contributed by atoms with Crippen molar-refractivity contribution < 1.29 is 39.8 Å². The monoisotopic (exact) mass is 1190 g/mol. The number of aliphatic hydroxyl groups excluding tert-OH is 5. The number of ether oxygens (including phenoxy) is 2. The first-order valence-electron chi connectivity index (χ1n) is 37.2. The third-order valence-electron chi connectivity index (χ3n) is 18.0. The van der Waals surface area contributed by atoms with Gasteiger partial charge in [0.15, 0.2) is 6.29 Å². The molecule has 1 amide bonds. The van der Waals surface area contributed by atoms with Crippen LogP contribution in [0.5, 0.6) is 0 Å². The third-order valence-corrected chi connectivity index (χ3v) is 18.0. The van der Waals surface area contributed by atoms with Gasteiger partial charge in [0.25, 0.3) is 0 Å². The lowest BCUT2D eigenvalue weighted by molar-refractivity contribution is -0.302. The Morgan fingerprint density at radius 3 is 1.04 bits per heavy atom. The van der Waals surface area contributed by atoms with Crippen LogP contribution in [0.4, 0.5) is 0 Å². The minimum atomic E-state index is -1.55. The lowest BCUT2D eigenvalue weighted by Crippen LogP contribution is -2.60. The van der Waals surface area contributed by atoms with E-state index in [1.54, 1.807) is 0 Å². The van der Waals surface area contributed by atoms with Gasteiger partial charge in [-0.2, -0.15) is 0 Å². The average Bonchev–Trinajstić information content (AvgIpc) is 3.70. The molecule has 9 heteroatoms. The van der Waals surface area contributed by atoms with E-state index in [0.717, 1.165) is 51.4 Å². The number of carbonyl (C=O) groups is 1. The number of hydrogen-bond acceptors (Lipinski definition) is 8. The molecule has 6 N–H and O–H groups in total. The average molecular weight is 1190 g/mol. The van der Waals surface area contributed by atoms with Crippen molar-refractivity contribution >= 4 is 5.91 Å². The summed E-state index contributed by atoms with van der Waals surface area (Å²) in [6.07, 6.45) is 79.4. The van der Waals surface area contributed by atoms with Crippen LogP contribution in [0.15, 0.2) is 36.5 Å². The molecule has 1 aliphatic rings. The molecule has 0 spiro atoms. The van der Waals surface area contributed by atoms with Crippen LogP contribution >= 0.6 is 0 Å². The summed E-state index contributed by atoms with van der Waals surface area (Å²) in [6.45, 7) is 3.88. The molecule has 7 unspecified atom stereocenters. The van der Waals surface area contributed by atoms with Gasteiger partial charge in [0.2, 0.25) is 5.91 Å². The Bertz CT molecular complexity index is 1420. The normalized spacial score (nSPS) is 18.3. The topological polar surface area (TPSA) is 149 Å². The van der Waals surface area contributed by atoms with E-state index in [1.165, 1.54) is 302 Å². The van der Waals surface area contributed by atoms with Gasteiger partial charge in [-0.3, -0.25) is 4.79 Å². The molecule has 1 rings (SSSR count). The summed E-state index contributed by atoms with van der Waals surface area (Å²) in [6, 6.07) is -0.720. The largest absolute Gasteiger partial charge is 0.394 e. The number of allylic oxidation sites excluding steroid dienone is 6. The Hall–Kier alpha value is -1.59. The molecule has 1 saturated heterocycles. The van der Waals surface area contributed by atoms with Crippen LogP contribution in [0.1, 0.15) is 380 Å². The molecule has 7 atom stereocenters. The van der Waals surface area contributed by atoms with E-state index >= 15 is 0 Å². The van der Waals surface area contributed by atoms with Crippen LogP contribution in [0.3, 0.4) is 0 Å². The van der Waals surface area contributed by atoms with Gasteiger partial charge in [0.05, 0.1) is 25.4 Å². The van der Waals surface area contributed by atoms with Crippen molar-refractivity contribution in [2.24, 2.45) is 0 Å². The summed E-state index contributed by atoms with van der Waals surface area (Å²) in [4.78, 5) is 13.2. The Morgan fingerprint density at radius 2 is 0.702 bits per heavy atom. The minimum Gasteiger partial charge on any atom is -0.394 e. The summed E-state index contributed by atoms with van der Waals surface area (Å²) in [5, 5.41) is 55.0. The Labute approximate surface area is 521 Å². The first-order chi connectivity index (χ1) is 41.3. The molecule has 1 heterocycles. The smallest absolute Gasteiger partial charge is 0.220 e. The second kappa shape index (κ2) is 64.4. The van der Waals surface area contributed by atoms with Crippen molar-refractivity contribution in [3.05, 3.63) is 36.5 Å². The van der Waals surface area contributed by atoms with E-state index in [2.05, 4.69) is 55.6 Å². The highest BCUT2D eigenvalue weighted by Crippen LogP contribution is 2.24. The van der Waals surface area contributed by atoms with Crippen LogP contribution in [0.2, 0.25) is 0 Å². The Balaban J connectivity index is 2.08. The van der Waals surface area contributed by atoms with E-state index in [1.807, 2.05) is 0 Å². The SMILES string of the molecule is CCCCCCC/C=C\C/C=C\C/C=C\CCCCCCCCCCCCCCCCCCCCC(=O)NC(COC1OC(CO)C(O)C(O)C1O)C(O)CCCCCCCCCCCCCCCCCCCCCCCCCCCCCC. The molecule has 0 aromatic carbocycles. The zero-order valence-corrected chi connectivity index (χ0v) is 55.7. The van der Waals surface area contributed by atoms with Crippen molar-refractivity contribution in [1.29, 1.82) is 0 Å². The molecule has 0 bridgehead atoms. The second-order valence-electron chi connectivity index (χ2n) is 26.1. The fraction of sp³-hybridized carbons (Fsp3) is 0.907. The molecular formula is C75H143NO8. The van der Waals surface area contributed by atoms with Gasteiger partial charge in [-0.05, 0) is 51.4 Å². The van der Waals surface area contributed by atoms with Crippen LogP contribution in [0.25, 0.3) is 0 Å². The zero-order chi connectivity index (χ0) is 60.7. The van der Waals surface area contributed by atoms with E-state index < -0.39 is 49.5 Å². The van der Waals surface area contributed by atoms with Gasteiger partial charge in [-0.15, -0.1) is 0 Å². The van der Waals surface area contributed by atoms with Crippen molar-refractivity contribution in [2.75, 3.05) is 13.2 Å². The van der Waals surface area contributed by atoms with Crippen molar-refractivity contribution in [3.8, 4) is 0 Å². The maximum Gasteiger partial charge on any atom is 0.220 e. The lowest BCUT2D eigenvalue weighted by Gasteiger charge is -2.40. The summed E-state index contributed by atoms with van der Waals surface area (Å²) < 4.78 is 11.4. The van der Waals surface area contributed by atoms with E-state index in [0.29, 0.717) is 12.8 Å². The summed E-state index contributed by atoms with van der Waals surface area (Å²) >= 11 is 0. The molecule has 9 nitrogen and oxygen atoms in total. The summed E-state index contributed by atoms with van der Waals surface area (Å²) in [5.74, 6) is -0.137. The Morgan fingerprint density at radius 1 is 0.405 bits per heavy atom. The van der Waals surface area contributed by atoms with Gasteiger partial charge in [-0.25, -0.2) is 0 Å². The van der Waals surface area contributed by atoms with Crippen LogP contribution in [0, 0.1) is 0 Å². The zero-order valence-electron chi connectivity index (χ0n) is 55.7. The van der Waals surface area contributed by atoms with Gasteiger partial charge >= 0.3 is 0 Å². The highest BCUT2D eigenvalue weighted by Gasteiger charge is 2.44. The predicted octanol–water partition coefficient (Wildman–Crippen LogP) is 20.6. The first kappa shape index (κ1) is 80.4. The van der Waals surface area contributed by atoms with E-state index in [4.69, 9.17) is 9.47 Å². The molecule has 1 aliphatic heterocycles. The second-order valence-corrected chi connectivity index (χ2v) is 26.1. The number of unbranched alkanes of at least 4 members (excludes halogenated alkanes) is 50. The molecule has 0 radical (unpaired) electrons. The van der Waals surface area contributed by atoms with Gasteiger partial charge in [0.1, 0.15) is 24.4 Å². The predicted molar refractivity (Wildman–Crippen MR) is 360 cm³/mol. The van der Waals surface area contributed by atoms with Crippen molar-refractivity contribution in [3.63, 3.8) is 0 Å². The van der Waals surface area contributed by atoms with E-state index in [9.17, 15) is 30.3 Å². The number of hydrogen-bond donors (Lipinski definition) is 6. The maximum atomic E-state index is 13.2. The molecule has 0 aromatic heterocycles. The molecule has 496 valence electrons. The maximum absolute atomic E-state index is 13.2. The highest BCUT2D eigenvalue weighted by molar-refractivity contribution is 5.76. The molecule has 84 heavy (non-hydrogen) atoms. The fourth-order valence-corrected chi connectivity index (χ4v) is 12.2. The highest BCUT2D eigenvalue weighted by atomic mass is 16.7. The molecule has 1 fully saturated rings. The van der Waals surface area contributed by atoms with Gasteiger partial charge in [0, 0.05) is 6.42 Å². The number of amides is 1. The number of aliphatic hydroxyl groups is 5. The van der Waals surface area contributed by atoms with Crippen LogP contribution in [-0.2, 0) is 14.3 Å². The van der Waals surface area contributed by atoms with Crippen LogP contribution in [-0.4, -0.2) is 87.5 Å². The quantitative estimate of drug-likeness (QED) is 0.0261. The van der Waals surface area contributed by atoms with Crippen LogP contribution < -0.4 is 5.32 Å². The number of carbonyl (C=O) groups excluding carboxylic acids is 1. The summed E-state index contributed by atoms with van der Waals surface area (Å²) in [5.41, 5.74) is 0. The lowest BCUT2D eigenvalue weighted by atomic mass is 9.99. The van der Waals surface area contributed by atoms with E-state index in [-0.39, 0.29) is 12.5 Å². The third kappa shape index (κ3) is 52.4. The molecule has 0 saturated carbocycles. The van der Waals surface area contributed by atoms with Crippen molar-refractivity contribution in [1.82, 2.24) is 5.32 Å². The van der Waals surface area contributed by atoms with Crippen molar-refractivity contribution in [2.45, 2.75) is 423 Å². The summed E-state index contributed by atoms with van der Waals surface area (Å²) in [7, 11) is 0. The Kier molecular flexibility index (Phi) is 61.7.